The van der Waals surface area contributed by atoms with Gasteiger partial charge in [0.05, 0.1) is 18.8 Å². The van der Waals surface area contributed by atoms with Crippen LogP contribution in [0.3, 0.4) is 0 Å². The molecule has 0 saturated carbocycles. The molecule has 4 heteroatoms. The highest BCUT2D eigenvalue weighted by molar-refractivity contribution is 5.43. The highest BCUT2D eigenvalue weighted by atomic mass is 16.5. The second-order valence-corrected chi connectivity index (χ2v) is 6.14. The molecule has 1 aromatic heterocycles. The van der Waals surface area contributed by atoms with Crippen molar-refractivity contribution in [1.82, 2.24) is 10.3 Å². The number of anilines is 1. The smallest absolute Gasteiger partial charge is 0.129 e. The van der Waals surface area contributed by atoms with E-state index < -0.39 is 0 Å². The standard InChI is InChI=1S/C16H27N3O/c1-5-8-17-13(2)14-6-7-15(18-11-14)19-9-10-20-12-16(19,3)4/h6-7,11,13,17H,5,8-10,12H2,1-4H3. The fraction of sp³-hybridized carbons (Fsp3) is 0.688. The van der Waals surface area contributed by atoms with Gasteiger partial charge in [-0.2, -0.15) is 0 Å². The molecule has 4 nitrogen and oxygen atoms in total. The third-order valence-electron chi connectivity index (χ3n) is 3.89. The molecular weight excluding hydrogens is 250 g/mol. The summed E-state index contributed by atoms with van der Waals surface area (Å²) in [7, 11) is 0. The first-order valence-electron chi connectivity index (χ1n) is 7.59. The van der Waals surface area contributed by atoms with Crippen molar-refractivity contribution in [3.8, 4) is 0 Å². The molecule has 1 atom stereocenters. The highest BCUT2D eigenvalue weighted by Gasteiger charge is 2.31. The largest absolute Gasteiger partial charge is 0.377 e. The number of rotatable bonds is 5. The summed E-state index contributed by atoms with van der Waals surface area (Å²) in [6.07, 6.45) is 3.14. The van der Waals surface area contributed by atoms with E-state index in [-0.39, 0.29) is 5.54 Å². The van der Waals surface area contributed by atoms with Gasteiger partial charge in [-0.15, -0.1) is 0 Å². The fourth-order valence-corrected chi connectivity index (χ4v) is 2.58. The van der Waals surface area contributed by atoms with Gasteiger partial charge in [-0.3, -0.25) is 0 Å². The molecule has 1 aliphatic rings. The van der Waals surface area contributed by atoms with Crippen molar-refractivity contribution >= 4 is 5.82 Å². The van der Waals surface area contributed by atoms with E-state index in [1.165, 1.54) is 5.56 Å². The van der Waals surface area contributed by atoms with Crippen molar-refractivity contribution in [2.45, 2.75) is 45.7 Å². The van der Waals surface area contributed by atoms with Crippen LogP contribution in [-0.2, 0) is 4.74 Å². The number of nitrogens with one attached hydrogen (secondary N) is 1. The molecule has 1 saturated heterocycles. The Hall–Kier alpha value is -1.13. The van der Waals surface area contributed by atoms with Crippen LogP contribution in [0, 0.1) is 0 Å². The number of hydrogen-bond donors (Lipinski definition) is 1. The summed E-state index contributed by atoms with van der Waals surface area (Å²) in [4.78, 5) is 7.00. The van der Waals surface area contributed by atoms with Crippen molar-refractivity contribution in [1.29, 1.82) is 0 Å². The Morgan fingerprint density at radius 3 is 2.85 bits per heavy atom. The van der Waals surface area contributed by atoms with Gasteiger partial charge in [0.25, 0.3) is 0 Å². The van der Waals surface area contributed by atoms with Crippen LogP contribution in [0.4, 0.5) is 5.82 Å². The second kappa shape index (κ2) is 6.55. The number of pyridine rings is 1. The molecule has 1 aromatic rings. The van der Waals surface area contributed by atoms with Crippen molar-refractivity contribution in [3.05, 3.63) is 23.9 Å². The molecule has 2 heterocycles. The zero-order valence-electron chi connectivity index (χ0n) is 13.1. The van der Waals surface area contributed by atoms with Crippen LogP contribution in [-0.4, -0.2) is 36.8 Å². The van der Waals surface area contributed by atoms with Gasteiger partial charge in [-0.25, -0.2) is 4.98 Å². The maximum absolute atomic E-state index is 5.56. The van der Waals surface area contributed by atoms with E-state index in [9.17, 15) is 0 Å². The maximum atomic E-state index is 5.56. The van der Waals surface area contributed by atoms with Gasteiger partial charge in [0, 0.05) is 18.8 Å². The van der Waals surface area contributed by atoms with E-state index in [0.29, 0.717) is 6.04 Å². The quantitative estimate of drug-likeness (QED) is 0.898. The van der Waals surface area contributed by atoms with E-state index in [0.717, 1.165) is 38.5 Å². The maximum Gasteiger partial charge on any atom is 0.129 e. The Morgan fingerprint density at radius 1 is 1.45 bits per heavy atom. The average molecular weight is 277 g/mol. The van der Waals surface area contributed by atoms with Crippen LogP contribution in [0.2, 0.25) is 0 Å². The summed E-state index contributed by atoms with van der Waals surface area (Å²) in [5.74, 6) is 1.05. The Labute approximate surface area is 122 Å². The van der Waals surface area contributed by atoms with E-state index >= 15 is 0 Å². The van der Waals surface area contributed by atoms with Gasteiger partial charge in [0.2, 0.25) is 0 Å². The normalized spacial score (nSPS) is 19.9. The first-order chi connectivity index (χ1) is 9.54. The van der Waals surface area contributed by atoms with Crippen LogP contribution in [0.15, 0.2) is 18.3 Å². The lowest BCUT2D eigenvalue weighted by molar-refractivity contribution is 0.0639. The minimum atomic E-state index is 0.0127. The third-order valence-corrected chi connectivity index (χ3v) is 3.89. The molecule has 112 valence electrons. The molecule has 0 aromatic carbocycles. The molecular formula is C16H27N3O. The van der Waals surface area contributed by atoms with Crippen LogP contribution < -0.4 is 10.2 Å². The predicted molar refractivity (Wildman–Crippen MR) is 83.2 cm³/mol. The van der Waals surface area contributed by atoms with Crippen molar-refractivity contribution in [2.75, 3.05) is 31.2 Å². The van der Waals surface area contributed by atoms with Gasteiger partial charge in [0.1, 0.15) is 5.82 Å². The van der Waals surface area contributed by atoms with E-state index in [1.54, 1.807) is 0 Å². The molecule has 0 radical (unpaired) electrons. The van der Waals surface area contributed by atoms with Crippen molar-refractivity contribution < 1.29 is 4.74 Å². The molecule has 0 spiro atoms. The van der Waals surface area contributed by atoms with Crippen molar-refractivity contribution in [2.24, 2.45) is 0 Å². The summed E-state index contributed by atoms with van der Waals surface area (Å²) in [5, 5.41) is 3.49. The number of morpholine rings is 1. The number of nitrogens with zero attached hydrogens (tertiary/aromatic N) is 2. The predicted octanol–water partition coefficient (Wildman–Crippen LogP) is 2.76. The van der Waals surface area contributed by atoms with Gasteiger partial charge in [-0.1, -0.05) is 13.0 Å². The van der Waals surface area contributed by atoms with Gasteiger partial charge in [0.15, 0.2) is 0 Å². The first kappa shape index (κ1) is 15.3. The molecule has 1 N–H and O–H groups in total. The first-order valence-corrected chi connectivity index (χ1v) is 7.59. The topological polar surface area (TPSA) is 37.4 Å². The molecule has 0 bridgehead atoms. The van der Waals surface area contributed by atoms with Gasteiger partial charge < -0.3 is 15.0 Å². The zero-order chi connectivity index (χ0) is 14.6. The van der Waals surface area contributed by atoms with E-state index in [2.05, 4.69) is 55.0 Å². The lowest BCUT2D eigenvalue weighted by Crippen LogP contribution is -2.53. The number of aromatic nitrogens is 1. The molecule has 1 fully saturated rings. The molecule has 20 heavy (non-hydrogen) atoms. The lowest BCUT2D eigenvalue weighted by atomic mass is 10.0. The summed E-state index contributed by atoms with van der Waals surface area (Å²) in [6, 6.07) is 4.67. The monoisotopic (exact) mass is 277 g/mol. The molecule has 0 amide bonds. The average Bonchev–Trinajstić information content (AvgIpc) is 2.44. The van der Waals surface area contributed by atoms with E-state index in [4.69, 9.17) is 4.74 Å². The molecule has 2 rings (SSSR count). The zero-order valence-corrected chi connectivity index (χ0v) is 13.1. The number of ether oxygens (including phenoxy) is 1. The minimum absolute atomic E-state index is 0.0127. The second-order valence-electron chi connectivity index (χ2n) is 6.14. The van der Waals surface area contributed by atoms with Crippen LogP contribution in [0.5, 0.6) is 0 Å². The van der Waals surface area contributed by atoms with Crippen molar-refractivity contribution in [3.63, 3.8) is 0 Å². The summed E-state index contributed by atoms with van der Waals surface area (Å²) in [6.45, 7) is 12.3. The Kier molecular flexibility index (Phi) is 5.00. The molecule has 1 aliphatic heterocycles. The Bertz CT molecular complexity index is 416. The SMILES string of the molecule is CCCNC(C)c1ccc(N2CCOCC2(C)C)nc1. The lowest BCUT2D eigenvalue weighted by Gasteiger charge is -2.43. The van der Waals surface area contributed by atoms with Crippen LogP contribution in [0.25, 0.3) is 0 Å². The number of hydrogen-bond acceptors (Lipinski definition) is 4. The Balaban J connectivity index is 2.07. The summed E-state index contributed by atoms with van der Waals surface area (Å²) in [5.41, 5.74) is 1.26. The highest BCUT2D eigenvalue weighted by Crippen LogP contribution is 2.26. The summed E-state index contributed by atoms with van der Waals surface area (Å²) >= 11 is 0. The summed E-state index contributed by atoms with van der Waals surface area (Å²) < 4.78 is 5.56. The fourth-order valence-electron chi connectivity index (χ4n) is 2.58. The van der Waals surface area contributed by atoms with Gasteiger partial charge in [-0.05, 0) is 45.4 Å². The molecule has 0 aliphatic carbocycles. The minimum Gasteiger partial charge on any atom is -0.377 e. The van der Waals surface area contributed by atoms with Crippen LogP contribution >= 0.6 is 0 Å². The Morgan fingerprint density at radius 2 is 2.25 bits per heavy atom. The third kappa shape index (κ3) is 3.49. The van der Waals surface area contributed by atoms with E-state index in [1.807, 2.05) is 6.20 Å². The molecule has 1 unspecified atom stereocenters. The van der Waals surface area contributed by atoms with Gasteiger partial charge >= 0.3 is 0 Å². The van der Waals surface area contributed by atoms with Crippen LogP contribution in [0.1, 0.15) is 45.7 Å².